The van der Waals surface area contributed by atoms with Crippen molar-refractivity contribution in [1.29, 1.82) is 0 Å². The smallest absolute Gasteiger partial charge is 0.251 e. The maximum Gasteiger partial charge on any atom is 0.251 e. The third-order valence-corrected chi connectivity index (χ3v) is 6.66. The van der Waals surface area contributed by atoms with Crippen molar-refractivity contribution in [1.82, 2.24) is 20.2 Å². The lowest BCUT2D eigenvalue weighted by molar-refractivity contribution is -0.124. The summed E-state index contributed by atoms with van der Waals surface area (Å²) in [5, 5.41) is 12.6. The Balaban J connectivity index is 1.69. The number of phenolic OH excluding ortho intramolecular Hbond substituents is 1. The molecule has 0 radical (unpaired) electrons. The van der Waals surface area contributed by atoms with Gasteiger partial charge in [0.2, 0.25) is 5.91 Å². The Bertz CT molecular complexity index is 927. The molecule has 1 heterocycles. The summed E-state index contributed by atoms with van der Waals surface area (Å²) in [6.45, 7) is 3.24. The van der Waals surface area contributed by atoms with Crippen LogP contribution < -0.4 is 5.32 Å². The summed E-state index contributed by atoms with van der Waals surface area (Å²) in [5.74, 6) is -3.42. The van der Waals surface area contributed by atoms with Gasteiger partial charge in [-0.05, 0) is 76.5 Å². The number of halogens is 2. The van der Waals surface area contributed by atoms with Gasteiger partial charge in [0.05, 0.1) is 0 Å². The molecule has 1 aromatic heterocycles. The lowest BCUT2D eigenvalue weighted by Gasteiger charge is -2.31. The number of amides is 1. The van der Waals surface area contributed by atoms with E-state index < -0.39 is 17.3 Å². The van der Waals surface area contributed by atoms with Gasteiger partial charge in [0.1, 0.15) is 11.6 Å². The number of aryl methyl sites for hydroxylation is 1. The number of aromatic hydroxyl groups is 1. The van der Waals surface area contributed by atoms with Crippen LogP contribution in [0.25, 0.3) is 0 Å². The highest BCUT2D eigenvalue weighted by molar-refractivity contribution is 5.77. The topological polar surface area (TPSA) is 78.3 Å². The normalized spacial score (nSPS) is 17.1. The van der Waals surface area contributed by atoms with E-state index in [1.165, 1.54) is 12.4 Å². The van der Waals surface area contributed by atoms with E-state index in [-0.39, 0.29) is 24.1 Å². The fraction of sp³-hybridized carbons (Fsp3) is 0.542. The van der Waals surface area contributed by atoms with Crippen molar-refractivity contribution >= 4 is 5.91 Å². The third kappa shape index (κ3) is 5.41. The van der Waals surface area contributed by atoms with Gasteiger partial charge in [0, 0.05) is 42.7 Å². The molecule has 1 saturated carbocycles. The number of rotatable bonds is 10. The molecule has 1 aliphatic carbocycles. The average Bonchev–Trinajstić information content (AvgIpc) is 3.53. The summed E-state index contributed by atoms with van der Waals surface area (Å²) in [6.07, 6.45) is 4.37. The first kappa shape index (κ1) is 24.0. The predicted octanol–water partition coefficient (Wildman–Crippen LogP) is 3.69. The summed E-state index contributed by atoms with van der Waals surface area (Å²) in [7, 11) is 3.87. The molecule has 3 rings (SSSR count). The largest absolute Gasteiger partial charge is 0.508 e. The van der Waals surface area contributed by atoms with E-state index in [0.717, 1.165) is 18.1 Å². The molecule has 1 aromatic carbocycles. The molecule has 2 atom stereocenters. The summed E-state index contributed by atoms with van der Waals surface area (Å²) in [6, 6.07) is 6.89. The van der Waals surface area contributed by atoms with Crippen LogP contribution in [0.1, 0.15) is 49.1 Å². The second-order valence-corrected chi connectivity index (χ2v) is 9.14. The van der Waals surface area contributed by atoms with Crippen molar-refractivity contribution in [3.8, 4) is 5.75 Å². The molecule has 32 heavy (non-hydrogen) atoms. The van der Waals surface area contributed by atoms with Crippen molar-refractivity contribution in [2.75, 3.05) is 20.6 Å². The van der Waals surface area contributed by atoms with Crippen LogP contribution in [-0.2, 0) is 11.2 Å². The number of likely N-dealkylation sites (N-methyl/N-ethyl adjacent to an activating group) is 1. The molecule has 1 aliphatic rings. The van der Waals surface area contributed by atoms with E-state index >= 15 is 0 Å². The zero-order chi connectivity index (χ0) is 23.5. The summed E-state index contributed by atoms with van der Waals surface area (Å²) in [4.78, 5) is 23.3. The Morgan fingerprint density at radius 1 is 1.28 bits per heavy atom. The lowest BCUT2D eigenvalue weighted by Crippen LogP contribution is -2.43. The first-order chi connectivity index (χ1) is 15.0. The second kappa shape index (κ2) is 9.48. The minimum Gasteiger partial charge on any atom is -0.508 e. The number of benzene rings is 1. The molecular formula is C24H32F2N4O2. The monoisotopic (exact) mass is 446 g/mol. The summed E-state index contributed by atoms with van der Waals surface area (Å²) < 4.78 is 28.9. The summed E-state index contributed by atoms with van der Waals surface area (Å²) in [5.41, 5.74) is 0.787. The molecule has 0 aliphatic heterocycles. The van der Waals surface area contributed by atoms with Crippen LogP contribution in [0.5, 0.6) is 5.75 Å². The maximum absolute atomic E-state index is 14.5. The number of hydrogen-bond acceptors (Lipinski definition) is 5. The van der Waals surface area contributed by atoms with E-state index in [4.69, 9.17) is 0 Å². The average molecular weight is 447 g/mol. The van der Waals surface area contributed by atoms with Crippen LogP contribution in [0.2, 0.25) is 0 Å². The lowest BCUT2D eigenvalue weighted by atomic mass is 9.80. The van der Waals surface area contributed by atoms with Crippen molar-refractivity contribution in [2.24, 2.45) is 5.41 Å². The quantitative estimate of drug-likeness (QED) is 0.582. The Labute approximate surface area is 188 Å². The molecule has 2 aromatic rings. The van der Waals surface area contributed by atoms with Gasteiger partial charge in [-0.2, -0.15) is 0 Å². The Morgan fingerprint density at radius 2 is 1.94 bits per heavy atom. The predicted molar refractivity (Wildman–Crippen MR) is 119 cm³/mol. The number of carbonyl (C=O) groups excluding carboxylic acids is 1. The van der Waals surface area contributed by atoms with Gasteiger partial charge in [-0.15, -0.1) is 0 Å². The standard InChI is InChI=1S/C24H32F2N4O2/c1-16-12-19(31)7-6-17(16)13-18(30(3)4)15-29-21(32)14-20(22-27-10-5-11-28-22)24(8-9-24)23(2,25)26/h5-7,10-12,18,20,31H,8-9,13-15H2,1-4H3,(H,29,32)/t18-,20?/m0/s1. The van der Waals surface area contributed by atoms with Gasteiger partial charge in [-0.3, -0.25) is 4.79 Å². The van der Waals surface area contributed by atoms with Crippen LogP contribution in [0.3, 0.4) is 0 Å². The Kier molecular flexibility index (Phi) is 7.12. The minimum atomic E-state index is -2.92. The molecule has 2 N–H and O–H groups in total. The molecule has 1 unspecified atom stereocenters. The number of carbonyl (C=O) groups is 1. The number of alkyl halides is 2. The second-order valence-electron chi connectivity index (χ2n) is 9.14. The van der Waals surface area contributed by atoms with Gasteiger partial charge in [0.15, 0.2) is 0 Å². The number of phenols is 1. The Morgan fingerprint density at radius 3 is 2.47 bits per heavy atom. The van der Waals surface area contributed by atoms with Crippen LogP contribution in [0, 0.1) is 12.3 Å². The maximum atomic E-state index is 14.5. The van der Waals surface area contributed by atoms with Crippen LogP contribution in [0.4, 0.5) is 8.78 Å². The van der Waals surface area contributed by atoms with Crippen molar-refractivity contribution in [2.45, 2.75) is 57.4 Å². The van der Waals surface area contributed by atoms with Gasteiger partial charge >= 0.3 is 0 Å². The zero-order valence-corrected chi connectivity index (χ0v) is 19.1. The van der Waals surface area contributed by atoms with Gasteiger partial charge < -0.3 is 15.3 Å². The summed E-state index contributed by atoms with van der Waals surface area (Å²) >= 11 is 0. The van der Waals surface area contributed by atoms with Crippen molar-refractivity contribution in [3.63, 3.8) is 0 Å². The number of nitrogens with one attached hydrogen (secondary N) is 1. The number of aromatic nitrogens is 2. The molecule has 1 fully saturated rings. The fourth-order valence-corrected chi connectivity index (χ4v) is 4.34. The van der Waals surface area contributed by atoms with E-state index in [1.807, 2.05) is 32.0 Å². The SMILES string of the molecule is Cc1cc(O)ccc1C[C@@H](CNC(=O)CC(c1ncccn1)C1(C(C)(F)F)CC1)N(C)C. The Hall–Kier alpha value is -2.61. The fourth-order valence-electron chi connectivity index (χ4n) is 4.34. The van der Waals surface area contributed by atoms with Crippen molar-refractivity contribution in [3.05, 3.63) is 53.6 Å². The van der Waals surface area contributed by atoms with E-state index in [1.54, 1.807) is 18.2 Å². The molecule has 8 heteroatoms. The van der Waals surface area contributed by atoms with Gasteiger partial charge in [-0.25, -0.2) is 18.7 Å². The van der Waals surface area contributed by atoms with Crippen LogP contribution >= 0.6 is 0 Å². The first-order valence-corrected chi connectivity index (χ1v) is 10.9. The molecule has 0 bridgehead atoms. The molecule has 174 valence electrons. The third-order valence-electron chi connectivity index (χ3n) is 6.66. The zero-order valence-electron chi connectivity index (χ0n) is 19.1. The van der Waals surface area contributed by atoms with E-state index in [2.05, 4.69) is 15.3 Å². The van der Waals surface area contributed by atoms with Gasteiger partial charge in [0.25, 0.3) is 5.92 Å². The highest BCUT2D eigenvalue weighted by Crippen LogP contribution is 2.65. The van der Waals surface area contributed by atoms with E-state index in [0.29, 0.717) is 31.6 Å². The molecule has 1 amide bonds. The van der Waals surface area contributed by atoms with E-state index in [9.17, 15) is 18.7 Å². The molecular weight excluding hydrogens is 414 g/mol. The number of nitrogens with zero attached hydrogens (tertiary/aromatic N) is 3. The van der Waals surface area contributed by atoms with Gasteiger partial charge in [-0.1, -0.05) is 6.07 Å². The van der Waals surface area contributed by atoms with Crippen LogP contribution in [-0.4, -0.2) is 58.5 Å². The molecule has 0 saturated heterocycles. The highest BCUT2D eigenvalue weighted by atomic mass is 19.3. The highest BCUT2D eigenvalue weighted by Gasteiger charge is 2.64. The molecule has 6 nitrogen and oxygen atoms in total. The number of hydrogen-bond donors (Lipinski definition) is 2. The van der Waals surface area contributed by atoms with Crippen molar-refractivity contribution < 1.29 is 18.7 Å². The minimum absolute atomic E-state index is 0.0103. The van der Waals surface area contributed by atoms with Crippen LogP contribution in [0.15, 0.2) is 36.7 Å². The molecule has 0 spiro atoms. The first-order valence-electron chi connectivity index (χ1n) is 10.9.